The number of carbonyl (C=O) groups excluding carboxylic acids is 3. The highest BCUT2D eigenvalue weighted by molar-refractivity contribution is 8.02. The van der Waals surface area contributed by atoms with E-state index in [1.807, 2.05) is 32.1 Å². The van der Waals surface area contributed by atoms with Crippen LogP contribution in [0.25, 0.3) is 0 Å². The third-order valence-corrected chi connectivity index (χ3v) is 10.0. The summed E-state index contributed by atoms with van der Waals surface area (Å²) < 4.78 is 4.72. The number of cyclic esters (lactones) is 1. The first-order valence-corrected chi connectivity index (χ1v) is 14.7. The van der Waals surface area contributed by atoms with Crippen LogP contribution in [0.3, 0.4) is 0 Å². The molecule has 38 heavy (non-hydrogen) atoms. The minimum absolute atomic E-state index is 0.196. The summed E-state index contributed by atoms with van der Waals surface area (Å²) >= 11 is 7.64. The number of carbonyl (C=O) groups is 3. The second-order valence-electron chi connectivity index (χ2n) is 11.0. The van der Waals surface area contributed by atoms with Gasteiger partial charge in [0.1, 0.15) is 6.04 Å². The molecule has 2 amide bonds. The van der Waals surface area contributed by atoms with Crippen LogP contribution < -0.4 is 4.90 Å². The summed E-state index contributed by atoms with van der Waals surface area (Å²) in [5.74, 6) is -2.12. The number of esters is 1. The van der Waals surface area contributed by atoms with Gasteiger partial charge in [0.2, 0.25) is 5.91 Å². The Morgan fingerprint density at radius 3 is 2.61 bits per heavy atom. The van der Waals surface area contributed by atoms with Crippen molar-refractivity contribution in [2.24, 2.45) is 17.8 Å². The van der Waals surface area contributed by atoms with Crippen molar-refractivity contribution in [1.29, 1.82) is 0 Å². The standard InChI is InChI=1S/C29H35ClN2O5S/c1-18(2)16-21(17-33)32-25-27(35)31(20-11-9-19(30)10-12-20)14-7-13-29(25)24(26(32)34)23-22(38-29)8-5-3-4-6-15-37-28(23)36/h5,7-13,18,21-25,33H,3-4,6,14-17H2,1-2H3/b8-5-/t21-,22-,23+,24+,25?,29+/m1/s1. The van der Waals surface area contributed by atoms with Gasteiger partial charge in [-0.15, -0.1) is 11.8 Å². The molecule has 2 saturated heterocycles. The summed E-state index contributed by atoms with van der Waals surface area (Å²) in [7, 11) is 0. The lowest BCUT2D eigenvalue weighted by molar-refractivity contribution is -0.153. The summed E-state index contributed by atoms with van der Waals surface area (Å²) in [6.45, 7) is 4.46. The lowest BCUT2D eigenvalue weighted by Gasteiger charge is -2.39. The molecule has 2 fully saturated rings. The Kier molecular flexibility index (Phi) is 7.94. The van der Waals surface area contributed by atoms with Gasteiger partial charge in [-0.3, -0.25) is 14.4 Å². The van der Waals surface area contributed by atoms with Crippen molar-refractivity contribution in [2.75, 3.05) is 24.7 Å². The largest absolute Gasteiger partial charge is 0.465 e. The number of ether oxygens (including phenoxy) is 1. The monoisotopic (exact) mass is 558 g/mol. The number of hydrogen-bond donors (Lipinski definition) is 1. The van der Waals surface area contributed by atoms with Crippen LogP contribution in [0.15, 0.2) is 48.6 Å². The van der Waals surface area contributed by atoms with Gasteiger partial charge in [0.25, 0.3) is 5.91 Å². The lowest BCUT2D eigenvalue weighted by atomic mass is 9.78. The molecule has 0 radical (unpaired) electrons. The van der Waals surface area contributed by atoms with Gasteiger partial charge in [-0.25, -0.2) is 0 Å². The topological polar surface area (TPSA) is 87.2 Å². The number of aliphatic hydroxyl groups is 1. The molecule has 1 unspecified atom stereocenters. The molecule has 4 heterocycles. The van der Waals surface area contributed by atoms with Gasteiger partial charge in [0.05, 0.1) is 35.8 Å². The number of aliphatic hydroxyl groups excluding tert-OH is 1. The molecule has 7 nitrogen and oxygen atoms in total. The number of hydrogen-bond acceptors (Lipinski definition) is 6. The molecule has 9 heteroatoms. The molecular weight excluding hydrogens is 524 g/mol. The first kappa shape index (κ1) is 27.3. The van der Waals surface area contributed by atoms with Crippen molar-refractivity contribution in [3.05, 3.63) is 53.6 Å². The number of likely N-dealkylation sites (tertiary alicyclic amines) is 1. The fraction of sp³-hybridized carbons (Fsp3) is 0.552. The zero-order chi connectivity index (χ0) is 27.0. The number of amides is 2. The van der Waals surface area contributed by atoms with E-state index in [-0.39, 0.29) is 35.6 Å². The Bertz CT molecular complexity index is 1140. The van der Waals surface area contributed by atoms with Gasteiger partial charge in [-0.05, 0) is 55.9 Å². The molecule has 0 aliphatic carbocycles. The second-order valence-corrected chi connectivity index (χ2v) is 12.9. The van der Waals surface area contributed by atoms with E-state index in [0.29, 0.717) is 30.3 Å². The van der Waals surface area contributed by atoms with Gasteiger partial charge >= 0.3 is 5.97 Å². The van der Waals surface area contributed by atoms with Crippen LogP contribution in [-0.2, 0) is 19.1 Å². The van der Waals surface area contributed by atoms with E-state index in [1.165, 1.54) is 11.8 Å². The van der Waals surface area contributed by atoms with Crippen LogP contribution in [-0.4, -0.2) is 69.6 Å². The number of thioether (sulfide) groups is 1. The number of halogens is 1. The van der Waals surface area contributed by atoms with Crippen molar-refractivity contribution in [1.82, 2.24) is 4.90 Å². The van der Waals surface area contributed by atoms with Crippen LogP contribution in [0.1, 0.15) is 39.5 Å². The smallest absolute Gasteiger partial charge is 0.311 e. The highest BCUT2D eigenvalue weighted by atomic mass is 35.5. The third-order valence-electron chi connectivity index (χ3n) is 8.02. The summed E-state index contributed by atoms with van der Waals surface area (Å²) in [4.78, 5) is 45.6. The number of anilines is 1. The molecule has 1 aromatic carbocycles. The fourth-order valence-electron chi connectivity index (χ4n) is 6.42. The van der Waals surface area contributed by atoms with Gasteiger partial charge < -0.3 is 19.6 Å². The van der Waals surface area contributed by atoms with Gasteiger partial charge in [0.15, 0.2) is 0 Å². The van der Waals surface area contributed by atoms with E-state index in [4.69, 9.17) is 16.3 Å². The highest BCUT2D eigenvalue weighted by Gasteiger charge is 2.71. The van der Waals surface area contributed by atoms with Crippen LogP contribution in [0.5, 0.6) is 0 Å². The maximum Gasteiger partial charge on any atom is 0.311 e. The Labute approximate surface area is 233 Å². The van der Waals surface area contributed by atoms with Crippen LogP contribution >= 0.6 is 23.4 Å². The molecule has 1 spiro atoms. The molecule has 1 N–H and O–H groups in total. The molecular formula is C29H35ClN2O5S. The molecule has 204 valence electrons. The number of allylic oxidation sites excluding steroid dienone is 1. The number of nitrogens with zero attached hydrogens (tertiary/aromatic N) is 2. The van der Waals surface area contributed by atoms with Gasteiger partial charge in [0, 0.05) is 22.5 Å². The average molecular weight is 559 g/mol. The Morgan fingerprint density at radius 2 is 1.89 bits per heavy atom. The molecule has 4 aliphatic rings. The normalized spacial score (nSPS) is 32.9. The Morgan fingerprint density at radius 1 is 1.13 bits per heavy atom. The molecule has 0 aromatic heterocycles. The Balaban J connectivity index is 1.63. The Hall–Kier alpha value is -2.29. The first-order valence-electron chi connectivity index (χ1n) is 13.5. The number of rotatable bonds is 5. The predicted molar refractivity (Wildman–Crippen MR) is 149 cm³/mol. The highest BCUT2D eigenvalue weighted by Crippen LogP contribution is 2.61. The van der Waals surface area contributed by atoms with Crippen molar-refractivity contribution in [2.45, 2.75) is 61.6 Å². The molecule has 5 rings (SSSR count). The average Bonchev–Trinajstić information content (AvgIpc) is 3.28. The zero-order valence-corrected chi connectivity index (χ0v) is 23.4. The maximum absolute atomic E-state index is 14.5. The van der Waals surface area contributed by atoms with Crippen LogP contribution in [0.2, 0.25) is 5.02 Å². The van der Waals surface area contributed by atoms with Crippen molar-refractivity contribution < 1.29 is 24.2 Å². The van der Waals surface area contributed by atoms with Crippen molar-refractivity contribution in [3.63, 3.8) is 0 Å². The van der Waals surface area contributed by atoms with E-state index in [0.717, 1.165) is 19.3 Å². The summed E-state index contributed by atoms with van der Waals surface area (Å²) in [6, 6.07) is 5.67. The maximum atomic E-state index is 14.5. The van der Waals surface area contributed by atoms with E-state index in [2.05, 4.69) is 6.08 Å². The van der Waals surface area contributed by atoms with Crippen LogP contribution in [0.4, 0.5) is 5.69 Å². The van der Waals surface area contributed by atoms with Gasteiger partial charge in [-0.2, -0.15) is 0 Å². The minimum Gasteiger partial charge on any atom is -0.465 e. The van der Waals surface area contributed by atoms with Crippen LogP contribution in [0, 0.1) is 17.8 Å². The third kappa shape index (κ3) is 4.69. The molecule has 1 aromatic rings. The summed E-state index contributed by atoms with van der Waals surface area (Å²) in [5.41, 5.74) is 0.683. The lowest BCUT2D eigenvalue weighted by Crippen LogP contribution is -2.57. The molecule has 0 bridgehead atoms. The number of benzene rings is 1. The predicted octanol–water partition coefficient (Wildman–Crippen LogP) is 4.23. The molecule has 0 saturated carbocycles. The quantitative estimate of drug-likeness (QED) is 0.430. The SMILES string of the molecule is CC(C)C[C@H](CO)N1C(=O)[C@@H]2[C@H]3C(=O)OCCCC/C=C\[C@H]3S[C@@]23C=CCN(c2ccc(Cl)cc2)C(=O)C13. The van der Waals surface area contributed by atoms with Crippen molar-refractivity contribution in [3.8, 4) is 0 Å². The number of fused-ring (bicyclic) bond motifs is 2. The van der Waals surface area contributed by atoms with E-state index < -0.39 is 28.7 Å². The zero-order valence-electron chi connectivity index (χ0n) is 21.8. The van der Waals surface area contributed by atoms with E-state index in [9.17, 15) is 19.5 Å². The van der Waals surface area contributed by atoms with Crippen molar-refractivity contribution >= 4 is 46.8 Å². The summed E-state index contributed by atoms with van der Waals surface area (Å²) in [6.07, 6.45) is 11.2. The second kappa shape index (κ2) is 11.1. The van der Waals surface area contributed by atoms with Gasteiger partial charge in [-0.1, -0.05) is 49.8 Å². The minimum atomic E-state index is -0.952. The van der Waals surface area contributed by atoms with E-state index in [1.54, 1.807) is 34.1 Å². The fourth-order valence-corrected chi connectivity index (χ4v) is 8.54. The molecule has 4 aliphatic heterocycles. The first-order chi connectivity index (χ1) is 18.3. The molecule has 6 atom stereocenters. The van der Waals surface area contributed by atoms with E-state index >= 15 is 0 Å². The summed E-state index contributed by atoms with van der Waals surface area (Å²) in [5, 5.41) is 10.7.